The Labute approximate surface area is 132 Å². The molecule has 0 bridgehead atoms. The van der Waals surface area contributed by atoms with Crippen molar-refractivity contribution in [2.24, 2.45) is 5.92 Å². The third kappa shape index (κ3) is 4.06. The molecule has 1 N–H and O–H groups in total. The molecule has 0 aliphatic heterocycles. The standard InChI is InChI=1S/C15H26N2O2S2/c1-4-8-17(10-13-6-7-13)21(18,19)15-12(3)11-20-14(15)9-16-5-2/h11,13,16H,4-10H2,1-3H3. The number of nitrogens with one attached hydrogen (secondary N) is 1. The number of nitrogens with zero attached hydrogens (tertiary/aromatic N) is 1. The molecule has 0 amide bonds. The van der Waals surface area contributed by atoms with E-state index in [9.17, 15) is 8.42 Å². The predicted molar refractivity (Wildman–Crippen MR) is 88.2 cm³/mol. The molecule has 2 rings (SSSR count). The van der Waals surface area contributed by atoms with Crippen molar-refractivity contribution in [3.8, 4) is 0 Å². The van der Waals surface area contributed by atoms with E-state index in [4.69, 9.17) is 0 Å². The normalized spacial score (nSPS) is 15.8. The summed E-state index contributed by atoms with van der Waals surface area (Å²) in [6.45, 7) is 8.76. The molecule has 1 aliphatic rings. The van der Waals surface area contributed by atoms with E-state index < -0.39 is 10.0 Å². The minimum absolute atomic E-state index is 0.544. The van der Waals surface area contributed by atoms with Crippen LogP contribution in [0.4, 0.5) is 0 Å². The molecule has 0 atom stereocenters. The highest BCUT2D eigenvalue weighted by molar-refractivity contribution is 7.89. The average Bonchev–Trinajstić information content (AvgIpc) is 3.17. The molecular weight excluding hydrogens is 304 g/mol. The van der Waals surface area contributed by atoms with Crippen LogP contribution in [0.5, 0.6) is 0 Å². The first-order valence-corrected chi connectivity index (χ1v) is 10.1. The summed E-state index contributed by atoms with van der Waals surface area (Å²) in [5.41, 5.74) is 0.879. The van der Waals surface area contributed by atoms with Gasteiger partial charge in [0.15, 0.2) is 0 Å². The van der Waals surface area contributed by atoms with Crippen molar-refractivity contribution in [2.45, 2.75) is 51.5 Å². The van der Waals surface area contributed by atoms with Crippen LogP contribution in [0.1, 0.15) is 43.6 Å². The van der Waals surface area contributed by atoms with E-state index in [0.717, 1.165) is 23.4 Å². The van der Waals surface area contributed by atoms with Crippen LogP contribution in [0.3, 0.4) is 0 Å². The Balaban J connectivity index is 2.29. The van der Waals surface area contributed by atoms with Crippen LogP contribution in [0.15, 0.2) is 10.3 Å². The zero-order valence-electron chi connectivity index (χ0n) is 13.2. The van der Waals surface area contributed by atoms with Crippen LogP contribution < -0.4 is 5.32 Å². The first-order valence-electron chi connectivity index (χ1n) is 7.78. The second-order valence-corrected chi connectivity index (χ2v) is 8.60. The summed E-state index contributed by atoms with van der Waals surface area (Å²) in [7, 11) is -3.36. The minimum Gasteiger partial charge on any atom is -0.312 e. The molecule has 0 radical (unpaired) electrons. The van der Waals surface area contributed by atoms with Gasteiger partial charge in [0.05, 0.1) is 0 Å². The van der Waals surface area contributed by atoms with Gasteiger partial charge in [0, 0.05) is 24.5 Å². The van der Waals surface area contributed by atoms with Gasteiger partial charge in [0.25, 0.3) is 0 Å². The van der Waals surface area contributed by atoms with Gasteiger partial charge in [-0.2, -0.15) is 4.31 Å². The largest absolute Gasteiger partial charge is 0.312 e. The number of thiophene rings is 1. The first-order chi connectivity index (χ1) is 10.0. The third-order valence-electron chi connectivity index (χ3n) is 3.75. The van der Waals surface area contributed by atoms with Gasteiger partial charge in [-0.25, -0.2) is 8.42 Å². The fourth-order valence-corrected chi connectivity index (χ4v) is 5.81. The van der Waals surface area contributed by atoms with Crippen molar-refractivity contribution < 1.29 is 8.42 Å². The lowest BCUT2D eigenvalue weighted by Gasteiger charge is -2.22. The molecular formula is C15H26N2O2S2. The maximum Gasteiger partial charge on any atom is 0.244 e. The molecule has 4 nitrogen and oxygen atoms in total. The van der Waals surface area contributed by atoms with Gasteiger partial charge < -0.3 is 5.32 Å². The highest BCUT2D eigenvalue weighted by Crippen LogP contribution is 2.34. The van der Waals surface area contributed by atoms with Gasteiger partial charge >= 0.3 is 0 Å². The van der Waals surface area contributed by atoms with E-state index in [1.54, 1.807) is 15.6 Å². The average molecular weight is 331 g/mol. The van der Waals surface area contributed by atoms with Crippen LogP contribution in [0, 0.1) is 12.8 Å². The second-order valence-electron chi connectivity index (χ2n) is 5.76. The van der Waals surface area contributed by atoms with Crippen molar-refractivity contribution >= 4 is 21.4 Å². The fraction of sp³-hybridized carbons (Fsp3) is 0.733. The summed E-state index contributed by atoms with van der Waals surface area (Å²) < 4.78 is 27.8. The number of rotatable bonds is 9. The van der Waals surface area contributed by atoms with Crippen molar-refractivity contribution in [2.75, 3.05) is 19.6 Å². The van der Waals surface area contributed by atoms with Crippen LogP contribution in [-0.2, 0) is 16.6 Å². The van der Waals surface area contributed by atoms with Crippen LogP contribution in [0.2, 0.25) is 0 Å². The summed E-state index contributed by atoms with van der Waals surface area (Å²) >= 11 is 1.54. The Morgan fingerprint density at radius 3 is 2.67 bits per heavy atom. The molecule has 1 aromatic heterocycles. The van der Waals surface area contributed by atoms with Crippen LogP contribution >= 0.6 is 11.3 Å². The smallest absolute Gasteiger partial charge is 0.244 e. The molecule has 1 saturated carbocycles. The van der Waals surface area contributed by atoms with Crippen molar-refractivity contribution in [3.63, 3.8) is 0 Å². The van der Waals surface area contributed by atoms with Crippen LogP contribution in [0.25, 0.3) is 0 Å². The second kappa shape index (κ2) is 7.22. The molecule has 6 heteroatoms. The van der Waals surface area contributed by atoms with E-state index in [-0.39, 0.29) is 0 Å². The van der Waals surface area contributed by atoms with E-state index in [2.05, 4.69) is 5.32 Å². The van der Waals surface area contributed by atoms with E-state index in [1.807, 2.05) is 26.2 Å². The number of aryl methyl sites for hydroxylation is 1. The maximum absolute atomic E-state index is 13.1. The van der Waals surface area contributed by atoms with Gasteiger partial charge in [-0.1, -0.05) is 13.8 Å². The first kappa shape index (κ1) is 16.9. The molecule has 1 heterocycles. The lowest BCUT2D eigenvalue weighted by Crippen LogP contribution is -2.34. The molecule has 1 aromatic rings. The topological polar surface area (TPSA) is 49.4 Å². The molecule has 21 heavy (non-hydrogen) atoms. The fourth-order valence-electron chi connectivity index (χ4n) is 2.47. The minimum atomic E-state index is -3.36. The lowest BCUT2D eigenvalue weighted by atomic mass is 10.3. The van der Waals surface area contributed by atoms with E-state index >= 15 is 0 Å². The molecule has 1 fully saturated rings. The Bertz CT molecular complexity index is 562. The molecule has 0 spiro atoms. The quantitative estimate of drug-likeness (QED) is 0.757. The molecule has 0 unspecified atom stereocenters. The molecule has 1 aliphatic carbocycles. The SMILES string of the molecule is CCCN(CC1CC1)S(=O)(=O)c1c(C)csc1CNCC. The Morgan fingerprint density at radius 1 is 1.38 bits per heavy atom. The highest BCUT2D eigenvalue weighted by atomic mass is 32.2. The summed E-state index contributed by atoms with van der Waals surface area (Å²) in [5.74, 6) is 0.572. The number of hydrogen-bond acceptors (Lipinski definition) is 4. The molecule has 0 saturated heterocycles. The summed E-state index contributed by atoms with van der Waals surface area (Å²) in [5, 5.41) is 5.20. The van der Waals surface area contributed by atoms with E-state index in [1.165, 1.54) is 12.8 Å². The lowest BCUT2D eigenvalue weighted by molar-refractivity contribution is 0.395. The maximum atomic E-state index is 13.1. The van der Waals surface area contributed by atoms with Crippen molar-refractivity contribution in [1.29, 1.82) is 0 Å². The summed E-state index contributed by atoms with van der Waals surface area (Å²) in [4.78, 5) is 1.48. The number of sulfonamides is 1. The zero-order chi connectivity index (χ0) is 15.5. The van der Waals surface area contributed by atoms with E-state index in [0.29, 0.717) is 30.4 Å². The highest BCUT2D eigenvalue weighted by Gasteiger charge is 2.33. The number of hydrogen-bond donors (Lipinski definition) is 1. The van der Waals surface area contributed by atoms with Gasteiger partial charge in [-0.15, -0.1) is 11.3 Å². The Kier molecular flexibility index (Phi) is 5.82. The van der Waals surface area contributed by atoms with Gasteiger partial charge in [0.2, 0.25) is 10.0 Å². The monoisotopic (exact) mass is 330 g/mol. The van der Waals surface area contributed by atoms with Crippen LogP contribution in [-0.4, -0.2) is 32.4 Å². The van der Waals surface area contributed by atoms with Gasteiger partial charge in [-0.3, -0.25) is 0 Å². The Morgan fingerprint density at radius 2 is 2.10 bits per heavy atom. The van der Waals surface area contributed by atoms with Crippen molar-refractivity contribution in [3.05, 3.63) is 15.8 Å². The van der Waals surface area contributed by atoms with Gasteiger partial charge in [0.1, 0.15) is 4.90 Å². The Hall–Kier alpha value is -0.430. The molecule has 0 aromatic carbocycles. The third-order valence-corrected chi connectivity index (χ3v) is 7.08. The summed E-state index contributed by atoms with van der Waals surface area (Å²) in [6, 6.07) is 0. The zero-order valence-corrected chi connectivity index (χ0v) is 14.8. The summed E-state index contributed by atoms with van der Waals surface area (Å²) in [6.07, 6.45) is 3.20. The predicted octanol–water partition coefficient (Wildman–Crippen LogP) is 2.98. The van der Waals surface area contributed by atoms with Gasteiger partial charge in [-0.05, 0) is 49.6 Å². The van der Waals surface area contributed by atoms with Crippen molar-refractivity contribution in [1.82, 2.24) is 9.62 Å². The molecule has 120 valence electrons.